The Morgan fingerprint density at radius 3 is 2.30 bits per heavy atom. The molecule has 0 amide bonds. The molecule has 20 heavy (non-hydrogen) atoms. The second kappa shape index (κ2) is 4.97. The molecule has 0 radical (unpaired) electrons. The summed E-state index contributed by atoms with van der Waals surface area (Å²) in [5, 5.41) is 19.5. The zero-order valence-electron chi connectivity index (χ0n) is 11.4. The second-order valence-electron chi connectivity index (χ2n) is 5.38. The van der Waals surface area contributed by atoms with Crippen molar-refractivity contribution < 1.29 is 9.72 Å². The minimum absolute atomic E-state index is 0.00746. The number of nitrogens with zero attached hydrogens (tertiary/aromatic N) is 4. The fourth-order valence-corrected chi connectivity index (χ4v) is 3.11. The Morgan fingerprint density at radius 1 is 1.25 bits per heavy atom. The van der Waals surface area contributed by atoms with Crippen molar-refractivity contribution in [1.29, 1.82) is 0 Å². The van der Waals surface area contributed by atoms with Crippen LogP contribution >= 0.6 is 0 Å². The van der Waals surface area contributed by atoms with Gasteiger partial charge in [-0.1, -0.05) is 24.9 Å². The molecular formula is C12H14N4O3Si. The van der Waals surface area contributed by atoms with Gasteiger partial charge in [-0.05, 0) is 12.1 Å². The number of carbonyl (C=O) groups excluding carboxylic acids is 1. The lowest BCUT2D eigenvalue weighted by atomic mass is 10.3. The number of aldehydes is 1. The summed E-state index contributed by atoms with van der Waals surface area (Å²) in [5.74, 6) is 0. The Balaban J connectivity index is 2.50. The number of nitro groups is 1. The van der Waals surface area contributed by atoms with E-state index < -0.39 is 13.0 Å². The average molecular weight is 290 g/mol. The van der Waals surface area contributed by atoms with Gasteiger partial charge in [-0.2, -0.15) is 0 Å². The lowest BCUT2D eigenvalue weighted by Gasteiger charge is -2.12. The van der Waals surface area contributed by atoms with Crippen molar-refractivity contribution in [3.63, 3.8) is 0 Å². The quantitative estimate of drug-likeness (QED) is 0.368. The maximum atomic E-state index is 11.3. The average Bonchev–Trinajstić information content (AvgIpc) is 2.82. The van der Waals surface area contributed by atoms with Crippen LogP contribution in [0.2, 0.25) is 19.6 Å². The summed E-state index contributed by atoms with van der Waals surface area (Å²) in [6.45, 7) is 6.22. The zero-order chi connectivity index (χ0) is 14.9. The number of aromatic nitrogens is 3. The van der Waals surface area contributed by atoms with Gasteiger partial charge in [0.1, 0.15) is 13.8 Å². The van der Waals surface area contributed by atoms with Gasteiger partial charge in [0.05, 0.1) is 15.9 Å². The molecule has 0 saturated heterocycles. The smallest absolute Gasteiger partial charge is 0.269 e. The molecule has 0 fully saturated rings. The van der Waals surface area contributed by atoms with Crippen molar-refractivity contribution >= 4 is 25.4 Å². The molecule has 0 spiro atoms. The summed E-state index contributed by atoms with van der Waals surface area (Å²) >= 11 is 0. The van der Waals surface area contributed by atoms with Crippen LogP contribution in [-0.4, -0.2) is 34.3 Å². The van der Waals surface area contributed by atoms with Gasteiger partial charge in [0.2, 0.25) is 0 Å². The number of hydrogen-bond donors (Lipinski definition) is 0. The number of rotatable bonds is 4. The Morgan fingerprint density at radius 2 is 1.85 bits per heavy atom. The monoisotopic (exact) mass is 290 g/mol. The first-order valence-corrected chi connectivity index (χ1v) is 9.51. The molecule has 1 aromatic heterocycles. The molecule has 1 aromatic carbocycles. The van der Waals surface area contributed by atoms with Crippen LogP contribution in [0.25, 0.3) is 5.69 Å². The summed E-state index contributed by atoms with van der Waals surface area (Å²) < 4.78 is 1.42. The fraction of sp³-hybridized carbons (Fsp3) is 0.250. The van der Waals surface area contributed by atoms with E-state index >= 15 is 0 Å². The van der Waals surface area contributed by atoms with E-state index in [1.54, 1.807) is 12.1 Å². The van der Waals surface area contributed by atoms with Crippen LogP contribution in [0.4, 0.5) is 5.69 Å². The van der Waals surface area contributed by atoms with Crippen LogP contribution in [0.15, 0.2) is 24.3 Å². The lowest BCUT2D eigenvalue weighted by molar-refractivity contribution is -0.384. The highest BCUT2D eigenvalue weighted by Crippen LogP contribution is 2.15. The molecule has 0 aliphatic carbocycles. The molecule has 0 saturated carbocycles. The van der Waals surface area contributed by atoms with E-state index in [1.165, 1.54) is 16.8 Å². The van der Waals surface area contributed by atoms with Gasteiger partial charge >= 0.3 is 0 Å². The van der Waals surface area contributed by atoms with Crippen molar-refractivity contribution in [3.8, 4) is 5.69 Å². The van der Waals surface area contributed by atoms with E-state index in [0.717, 1.165) is 11.6 Å². The molecule has 0 bridgehead atoms. The maximum absolute atomic E-state index is 11.3. The minimum Gasteiger partial charge on any atom is -0.296 e. The molecule has 0 unspecified atom stereocenters. The van der Waals surface area contributed by atoms with E-state index in [1.807, 2.05) is 0 Å². The highest BCUT2D eigenvalue weighted by molar-refractivity contribution is 6.88. The van der Waals surface area contributed by atoms with Gasteiger partial charge in [0, 0.05) is 12.1 Å². The van der Waals surface area contributed by atoms with Crippen molar-refractivity contribution in [2.24, 2.45) is 0 Å². The Bertz CT molecular complexity index is 658. The number of carbonyl (C=O) groups is 1. The highest BCUT2D eigenvalue weighted by atomic mass is 28.3. The van der Waals surface area contributed by atoms with Gasteiger partial charge in [-0.15, -0.1) is 5.10 Å². The van der Waals surface area contributed by atoms with Crippen LogP contribution in [0.3, 0.4) is 0 Å². The van der Waals surface area contributed by atoms with Crippen LogP contribution in [0, 0.1) is 10.1 Å². The first kappa shape index (κ1) is 14.1. The van der Waals surface area contributed by atoms with E-state index in [0.29, 0.717) is 11.4 Å². The zero-order valence-corrected chi connectivity index (χ0v) is 12.4. The standard InChI is InChI=1S/C12H14N4O3Si/c1-20(2,3)12-11(8-17)15(14-13-12)9-4-6-10(7-5-9)16(18)19/h4-8H,1-3H3. The second-order valence-corrected chi connectivity index (χ2v) is 10.4. The molecule has 0 aliphatic heterocycles. The number of nitro benzene ring substituents is 1. The Hall–Kier alpha value is -2.35. The van der Waals surface area contributed by atoms with E-state index in [-0.39, 0.29) is 5.69 Å². The van der Waals surface area contributed by atoms with E-state index in [2.05, 4.69) is 30.0 Å². The van der Waals surface area contributed by atoms with E-state index in [9.17, 15) is 14.9 Å². The molecule has 1 heterocycles. The number of benzene rings is 1. The molecule has 104 valence electrons. The van der Waals surface area contributed by atoms with Crippen LogP contribution in [0.5, 0.6) is 0 Å². The van der Waals surface area contributed by atoms with Crippen molar-refractivity contribution in [3.05, 3.63) is 40.1 Å². The summed E-state index contributed by atoms with van der Waals surface area (Å²) in [5.41, 5.74) is 0.986. The topological polar surface area (TPSA) is 90.9 Å². The summed E-state index contributed by atoms with van der Waals surface area (Å²) in [7, 11) is -1.77. The van der Waals surface area contributed by atoms with Gasteiger partial charge < -0.3 is 0 Å². The number of non-ortho nitro benzene ring substituents is 1. The lowest BCUT2D eigenvalue weighted by Crippen LogP contribution is -2.41. The van der Waals surface area contributed by atoms with Gasteiger partial charge in [0.25, 0.3) is 5.69 Å². The molecular weight excluding hydrogens is 276 g/mol. The highest BCUT2D eigenvalue weighted by Gasteiger charge is 2.26. The molecule has 8 heteroatoms. The molecule has 7 nitrogen and oxygen atoms in total. The third-order valence-electron chi connectivity index (χ3n) is 2.83. The summed E-state index contributed by atoms with van der Waals surface area (Å²) in [6.07, 6.45) is 0.731. The Kier molecular flexibility index (Phi) is 3.49. The van der Waals surface area contributed by atoms with Crippen molar-refractivity contribution in [2.75, 3.05) is 0 Å². The first-order chi connectivity index (χ1) is 9.34. The maximum Gasteiger partial charge on any atom is 0.269 e. The predicted octanol–water partition coefficient (Wildman–Crippen LogP) is 1.53. The van der Waals surface area contributed by atoms with Crippen LogP contribution in [-0.2, 0) is 0 Å². The third-order valence-corrected chi connectivity index (χ3v) is 4.61. The summed E-state index contributed by atoms with van der Waals surface area (Å²) in [6, 6.07) is 5.85. The first-order valence-electron chi connectivity index (χ1n) is 6.01. The SMILES string of the molecule is C[Si](C)(C)c1nnn(-c2ccc([N+](=O)[O-])cc2)c1C=O. The van der Waals surface area contributed by atoms with Crippen LogP contribution in [0.1, 0.15) is 10.5 Å². The Labute approximate surface area is 116 Å². The van der Waals surface area contributed by atoms with Crippen molar-refractivity contribution in [1.82, 2.24) is 15.0 Å². The number of hydrogen-bond acceptors (Lipinski definition) is 5. The molecule has 0 N–H and O–H groups in total. The van der Waals surface area contributed by atoms with Gasteiger partial charge in [-0.3, -0.25) is 14.9 Å². The molecule has 2 rings (SSSR count). The van der Waals surface area contributed by atoms with Crippen molar-refractivity contribution in [2.45, 2.75) is 19.6 Å². The molecule has 2 aromatic rings. The molecule has 0 atom stereocenters. The summed E-state index contributed by atoms with van der Waals surface area (Å²) in [4.78, 5) is 21.5. The fourth-order valence-electron chi connectivity index (χ4n) is 1.84. The molecule has 0 aliphatic rings. The van der Waals surface area contributed by atoms with Gasteiger partial charge in [0.15, 0.2) is 6.29 Å². The largest absolute Gasteiger partial charge is 0.296 e. The minimum atomic E-state index is -1.77. The van der Waals surface area contributed by atoms with Crippen LogP contribution < -0.4 is 5.32 Å². The predicted molar refractivity (Wildman–Crippen MR) is 76.4 cm³/mol. The van der Waals surface area contributed by atoms with Gasteiger partial charge in [-0.25, -0.2) is 4.68 Å². The van der Waals surface area contributed by atoms with E-state index in [4.69, 9.17) is 0 Å². The normalized spacial score (nSPS) is 11.3. The third kappa shape index (κ3) is 2.50.